The van der Waals surface area contributed by atoms with Gasteiger partial charge in [0.2, 0.25) is 5.91 Å². The molecule has 1 fully saturated rings. The summed E-state index contributed by atoms with van der Waals surface area (Å²) in [7, 11) is 0. The van der Waals surface area contributed by atoms with E-state index in [0.717, 1.165) is 0 Å². The molecule has 0 unspecified atom stereocenters. The Morgan fingerprint density at radius 1 is 1.47 bits per heavy atom. The average molecular weight is 238 g/mol. The van der Waals surface area contributed by atoms with E-state index in [1.54, 1.807) is 17.1 Å². The second-order valence-electron chi connectivity index (χ2n) is 4.28. The molecule has 1 aliphatic rings. The van der Waals surface area contributed by atoms with Crippen LogP contribution >= 0.6 is 0 Å². The molecule has 2 rings (SSSR count). The summed E-state index contributed by atoms with van der Waals surface area (Å²) in [6.07, 6.45) is 4.78. The first-order chi connectivity index (χ1) is 8.12. The molecule has 1 amide bonds. The largest absolute Gasteiger partial charge is 0.481 e. The molecule has 0 radical (unpaired) electrons. The van der Waals surface area contributed by atoms with E-state index in [9.17, 15) is 9.59 Å². The number of aliphatic carboxylic acids is 1. The summed E-state index contributed by atoms with van der Waals surface area (Å²) in [6.45, 7) is 0.671. The van der Waals surface area contributed by atoms with Gasteiger partial charge in [-0.3, -0.25) is 14.3 Å². The van der Waals surface area contributed by atoms with Gasteiger partial charge in [-0.05, 0) is 12.8 Å². The van der Waals surface area contributed by atoms with Gasteiger partial charge >= 0.3 is 5.97 Å². The van der Waals surface area contributed by atoms with Crippen LogP contribution in [0.3, 0.4) is 0 Å². The first kappa shape index (κ1) is 11.6. The number of rotatable bonds is 6. The normalized spacial score (nSPS) is 16.5. The molecule has 0 aromatic carbocycles. The third-order valence-electron chi connectivity index (χ3n) is 2.97. The number of carboxylic acids is 1. The fraction of sp³-hybridized carbons (Fsp3) is 0.600. The molecule has 1 aromatic rings. The number of hydrogen-bond donors (Lipinski definition) is 2. The topological polar surface area (TPSA) is 97.1 Å². The monoisotopic (exact) mass is 238 g/mol. The van der Waals surface area contributed by atoms with Gasteiger partial charge in [0.25, 0.3) is 0 Å². The molecule has 0 spiro atoms. The van der Waals surface area contributed by atoms with Crippen molar-refractivity contribution in [1.82, 2.24) is 20.3 Å². The van der Waals surface area contributed by atoms with E-state index in [-0.39, 0.29) is 18.9 Å². The van der Waals surface area contributed by atoms with Crippen LogP contribution in [0.15, 0.2) is 12.4 Å². The molecule has 1 aromatic heterocycles. The third-order valence-corrected chi connectivity index (χ3v) is 2.97. The number of nitrogens with one attached hydrogen (secondary N) is 1. The van der Waals surface area contributed by atoms with Crippen LogP contribution in [0.4, 0.5) is 0 Å². The summed E-state index contributed by atoms with van der Waals surface area (Å²) in [4.78, 5) is 22.3. The number of hydrogen-bond acceptors (Lipinski definition) is 4. The quantitative estimate of drug-likeness (QED) is 0.706. The maximum atomic E-state index is 11.5. The van der Waals surface area contributed by atoms with Crippen molar-refractivity contribution in [3.05, 3.63) is 12.4 Å². The molecule has 2 N–H and O–H groups in total. The van der Waals surface area contributed by atoms with Crippen molar-refractivity contribution in [2.45, 2.75) is 25.8 Å². The molecule has 7 heteroatoms. The molecule has 1 heterocycles. The molecule has 0 aliphatic heterocycles. The summed E-state index contributed by atoms with van der Waals surface area (Å²) in [5.74, 6) is -0.984. The average Bonchev–Trinajstić information content (AvgIpc) is 2.93. The molecular formula is C10H14N4O3. The molecule has 0 saturated heterocycles. The van der Waals surface area contributed by atoms with Crippen molar-refractivity contribution in [3.63, 3.8) is 0 Å². The highest BCUT2D eigenvalue weighted by molar-refractivity contribution is 5.80. The van der Waals surface area contributed by atoms with Crippen LogP contribution in [-0.4, -0.2) is 38.5 Å². The second kappa shape index (κ2) is 4.52. The Bertz CT molecular complexity index is 411. The molecule has 92 valence electrons. The predicted octanol–water partition coefficient (Wildman–Crippen LogP) is -0.351. The lowest BCUT2D eigenvalue weighted by molar-refractivity contribution is -0.143. The minimum atomic E-state index is -0.825. The smallest absolute Gasteiger partial charge is 0.311 e. The van der Waals surface area contributed by atoms with Crippen LogP contribution in [0.2, 0.25) is 0 Å². The fourth-order valence-electron chi connectivity index (χ4n) is 1.54. The van der Waals surface area contributed by atoms with Crippen molar-refractivity contribution in [1.29, 1.82) is 0 Å². The van der Waals surface area contributed by atoms with Crippen LogP contribution in [0.5, 0.6) is 0 Å². The van der Waals surface area contributed by atoms with Crippen molar-refractivity contribution in [3.8, 4) is 0 Å². The van der Waals surface area contributed by atoms with E-state index >= 15 is 0 Å². The standard InChI is InChI=1S/C10H14N4O3/c15-8(1-5-14-6-4-12-13-14)11-7-10(2-3-10)9(16)17/h4,6H,1-3,5,7H2,(H,11,15)(H,16,17). The molecule has 1 saturated carbocycles. The van der Waals surface area contributed by atoms with Crippen LogP contribution in [0, 0.1) is 5.41 Å². The van der Waals surface area contributed by atoms with E-state index < -0.39 is 11.4 Å². The zero-order valence-electron chi connectivity index (χ0n) is 9.30. The van der Waals surface area contributed by atoms with E-state index in [1.165, 1.54) is 0 Å². The highest BCUT2D eigenvalue weighted by Crippen LogP contribution is 2.45. The highest BCUT2D eigenvalue weighted by atomic mass is 16.4. The van der Waals surface area contributed by atoms with E-state index in [1.807, 2.05) is 0 Å². The summed E-state index contributed by atoms with van der Waals surface area (Å²) in [6, 6.07) is 0. The first-order valence-corrected chi connectivity index (χ1v) is 5.47. The van der Waals surface area contributed by atoms with Crippen molar-refractivity contribution < 1.29 is 14.7 Å². The summed E-state index contributed by atoms with van der Waals surface area (Å²) in [5.41, 5.74) is -0.705. The van der Waals surface area contributed by atoms with Gasteiger partial charge in [-0.2, -0.15) is 0 Å². The van der Waals surface area contributed by atoms with Gasteiger partial charge in [-0.1, -0.05) is 5.21 Å². The Hall–Kier alpha value is -1.92. The Kier molecular flexibility index (Phi) is 3.08. The van der Waals surface area contributed by atoms with E-state index in [4.69, 9.17) is 5.11 Å². The van der Waals surface area contributed by atoms with Gasteiger partial charge in [0.15, 0.2) is 0 Å². The Morgan fingerprint density at radius 3 is 2.76 bits per heavy atom. The van der Waals surface area contributed by atoms with E-state index in [0.29, 0.717) is 19.4 Å². The SMILES string of the molecule is O=C(CCn1ccnn1)NCC1(C(=O)O)CC1. The lowest BCUT2D eigenvalue weighted by Gasteiger charge is -2.10. The van der Waals surface area contributed by atoms with Crippen molar-refractivity contribution in [2.75, 3.05) is 6.54 Å². The van der Waals surface area contributed by atoms with Gasteiger partial charge in [0.05, 0.1) is 18.2 Å². The molecule has 17 heavy (non-hydrogen) atoms. The number of carbonyl (C=O) groups excluding carboxylic acids is 1. The number of amides is 1. The minimum Gasteiger partial charge on any atom is -0.481 e. The lowest BCUT2D eigenvalue weighted by atomic mass is 10.1. The number of carbonyl (C=O) groups is 2. The zero-order chi connectivity index (χ0) is 12.3. The summed E-state index contributed by atoms with van der Waals surface area (Å²) < 4.78 is 1.56. The van der Waals surface area contributed by atoms with Gasteiger partial charge in [-0.25, -0.2) is 0 Å². The fourth-order valence-corrected chi connectivity index (χ4v) is 1.54. The molecule has 1 aliphatic carbocycles. The number of carboxylic acid groups (broad SMARTS) is 1. The maximum Gasteiger partial charge on any atom is 0.311 e. The minimum absolute atomic E-state index is 0.159. The van der Waals surface area contributed by atoms with Gasteiger partial charge in [0.1, 0.15) is 0 Å². The molecule has 7 nitrogen and oxygen atoms in total. The Morgan fingerprint density at radius 2 is 2.24 bits per heavy atom. The number of aryl methyl sites for hydroxylation is 1. The summed E-state index contributed by atoms with van der Waals surface area (Å²) in [5, 5.41) is 18.9. The van der Waals surface area contributed by atoms with Gasteiger partial charge < -0.3 is 10.4 Å². The molecule has 0 bridgehead atoms. The predicted molar refractivity (Wildman–Crippen MR) is 57.0 cm³/mol. The highest BCUT2D eigenvalue weighted by Gasteiger charge is 2.50. The Labute approximate surface area is 97.8 Å². The lowest BCUT2D eigenvalue weighted by Crippen LogP contribution is -2.34. The maximum absolute atomic E-state index is 11.5. The van der Waals surface area contributed by atoms with E-state index in [2.05, 4.69) is 15.6 Å². The van der Waals surface area contributed by atoms with Crippen LogP contribution in [-0.2, 0) is 16.1 Å². The summed E-state index contributed by atoms with van der Waals surface area (Å²) >= 11 is 0. The molecular weight excluding hydrogens is 224 g/mol. The Balaban J connectivity index is 1.70. The molecule has 0 atom stereocenters. The van der Waals surface area contributed by atoms with Crippen LogP contribution in [0.1, 0.15) is 19.3 Å². The number of aromatic nitrogens is 3. The van der Waals surface area contributed by atoms with Crippen molar-refractivity contribution >= 4 is 11.9 Å². The first-order valence-electron chi connectivity index (χ1n) is 5.47. The second-order valence-corrected chi connectivity index (χ2v) is 4.28. The van der Waals surface area contributed by atoms with Gasteiger partial charge in [0, 0.05) is 19.2 Å². The van der Waals surface area contributed by atoms with Crippen LogP contribution < -0.4 is 5.32 Å². The third kappa shape index (κ3) is 2.80. The van der Waals surface area contributed by atoms with Crippen LogP contribution in [0.25, 0.3) is 0 Å². The van der Waals surface area contributed by atoms with Crippen molar-refractivity contribution in [2.24, 2.45) is 5.41 Å². The number of nitrogens with zero attached hydrogens (tertiary/aromatic N) is 3. The zero-order valence-corrected chi connectivity index (χ0v) is 9.30. The van der Waals surface area contributed by atoms with Gasteiger partial charge in [-0.15, -0.1) is 5.10 Å².